The molecule has 4 nitrogen and oxygen atoms in total. The summed E-state index contributed by atoms with van der Waals surface area (Å²) in [4.78, 5) is 14.1. The highest BCUT2D eigenvalue weighted by molar-refractivity contribution is 5.96. The lowest BCUT2D eigenvalue weighted by molar-refractivity contribution is -0.118. The van der Waals surface area contributed by atoms with Gasteiger partial charge in [0.05, 0.1) is 5.69 Å². The van der Waals surface area contributed by atoms with E-state index >= 15 is 0 Å². The average molecular weight is 336 g/mol. The van der Waals surface area contributed by atoms with Crippen molar-refractivity contribution in [3.63, 3.8) is 0 Å². The average Bonchev–Trinajstić information content (AvgIpc) is 2.67. The number of nitrogens with one attached hydrogen (secondary N) is 1. The van der Waals surface area contributed by atoms with Crippen LogP contribution in [-0.4, -0.2) is 30.5 Å². The molecule has 2 aliphatic rings. The van der Waals surface area contributed by atoms with Gasteiger partial charge in [0, 0.05) is 6.04 Å². The van der Waals surface area contributed by atoms with Gasteiger partial charge < -0.3 is 10.1 Å². The van der Waals surface area contributed by atoms with Crippen LogP contribution in [0.25, 0.3) is 11.1 Å². The normalized spacial score (nSPS) is 18.8. The van der Waals surface area contributed by atoms with Crippen molar-refractivity contribution >= 4 is 11.6 Å². The monoisotopic (exact) mass is 336 g/mol. The fourth-order valence-electron chi connectivity index (χ4n) is 3.73. The predicted octanol–water partition coefficient (Wildman–Crippen LogP) is 4.23. The maximum absolute atomic E-state index is 11.5. The number of piperidine rings is 1. The van der Waals surface area contributed by atoms with Crippen LogP contribution in [0, 0.1) is 0 Å². The van der Waals surface area contributed by atoms with Crippen LogP contribution in [0.5, 0.6) is 5.75 Å². The molecule has 1 amide bonds. The Morgan fingerprint density at radius 2 is 1.72 bits per heavy atom. The summed E-state index contributed by atoms with van der Waals surface area (Å²) in [6.07, 6.45) is 3.98. The molecule has 0 saturated carbocycles. The lowest BCUT2D eigenvalue weighted by Crippen LogP contribution is -2.32. The van der Waals surface area contributed by atoms with Crippen molar-refractivity contribution < 1.29 is 9.53 Å². The summed E-state index contributed by atoms with van der Waals surface area (Å²) in [5.74, 6) is 0.633. The molecular weight excluding hydrogens is 312 g/mol. The maximum Gasteiger partial charge on any atom is 0.262 e. The zero-order valence-electron chi connectivity index (χ0n) is 14.6. The van der Waals surface area contributed by atoms with E-state index in [9.17, 15) is 4.79 Å². The van der Waals surface area contributed by atoms with Gasteiger partial charge in [0.1, 0.15) is 5.75 Å². The van der Waals surface area contributed by atoms with Crippen LogP contribution < -0.4 is 10.1 Å². The third-order valence-corrected chi connectivity index (χ3v) is 5.28. The second-order valence-corrected chi connectivity index (χ2v) is 6.94. The van der Waals surface area contributed by atoms with E-state index in [0.29, 0.717) is 6.04 Å². The number of ether oxygens (including phenoxy) is 1. The van der Waals surface area contributed by atoms with Crippen LogP contribution in [0.1, 0.15) is 37.8 Å². The second-order valence-electron chi connectivity index (χ2n) is 6.94. The lowest BCUT2D eigenvalue weighted by atomic mass is 9.99. The molecule has 0 spiro atoms. The number of likely N-dealkylation sites (tertiary alicyclic amines) is 1. The van der Waals surface area contributed by atoms with Gasteiger partial charge in [0.2, 0.25) is 0 Å². The van der Waals surface area contributed by atoms with Crippen molar-refractivity contribution in [3.05, 3.63) is 48.0 Å². The van der Waals surface area contributed by atoms with E-state index in [2.05, 4.69) is 41.4 Å². The van der Waals surface area contributed by atoms with E-state index in [1.54, 1.807) is 0 Å². The Kier molecular flexibility index (Phi) is 4.45. The van der Waals surface area contributed by atoms with Crippen molar-refractivity contribution in [2.24, 2.45) is 0 Å². The van der Waals surface area contributed by atoms with Crippen LogP contribution in [0.2, 0.25) is 0 Å². The summed E-state index contributed by atoms with van der Waals surface area (Å²) in [5.41, 5.74) is 4.35. The number of rotatable bonds is 3. The topological polar surface area (TPSA) is 41.6 Å². The van der Waals surface area contributed by atoms with Gasteiger partial charge in [-0.3, -0.25) is 9.69 Å². The molecule has 4 heteroatoms. The zero-order chi connectivity index (χ0) is 17.2. The van der Waals surface area contributed by atoms with E-state index in [-0.39, 0.29) is 12.5 Å². The van der Waals surface area contributed by atoms with Crippen molar-refractivity contribution in [2.45, 2.75) is 32.2 Å². The Morgan fingerprint density at radius 3 is 2.48 bits per heavy atom. The molecule has 2 heterocycles. The number of nitrogens with zero attached hydrogens (tertiary/aromatic N) is 1. The van der Waals surface area contributed by atoms with E-state index in [0.717, 1.165) is 22.6 Å². The number of fused-ring (bicyclic) bond motifs is 1. The number of carbonyl (C=O) groups is 1. The fraction of sp³-hybridized carbons (Fsp3) is 0.381. The van der Waals surface area contributed by atoms with Crippen LogP contribution in [0.3, 0.4) is 0 Å². The summed E-state index contributed by atoms with van der Waals surface area (Å²) in [6, 6.07) is 15.2. The number of hydrogen-bond acceptors (Lipinski definition) is 3. The minimum Gasteiger partial charge on any atom is -0.482 e. The molecule has 1 N–H and O–H groups in total. The van der Waals surface area contributed by atoms with Crippen LogP contribution in [-0.2, 0) is 4.79 Å². The van der Waals surface area contributed by atoms with Crippen molar-refractivity contribution in [1.29, 1.82) is 0 Å². The van der Waals surface area contributed by atoms with Gasteiger partial charge in [-0.2, -0.15) is 0 Å². The predicted molar refractivity (Wildman–Crippen MR) is 99.8 cm³/mol. The lowest BCUT2D eigenvalue weighted by Gasteiger charge is -2.32. The number of anilines is 1. The quantitative estimate of drug-likeness (QED) is 0.912. The Balaban J connectivity index is 1.54. The molecule has 1 atom stereocenters. The highest BCUT2D eigenvalue weighted by Crippen LogP contribution is 2.33. The van der Waals surface area contributed by atoms with Crippen LogP contribution in [0.4, 0.5) is 5.69 Å². The molecule has 0 radical (unpaired) electrons. The van der Waals surface area contributed by atoms with Gasteiger partial charge in [-0.05, 0) is 61.7 Å². The first-order valence-electron chi connectivity index (χ1n) is 9.12. The highest BCUT2D eigenvalue weighted by atomic mass is 16.5. The van der Waals surface area contributed by atoms with E-state index < -0.39 is 0 Å². The summed E-state index contributed by atoms with van der Waals surface area (Å²) < 4.78 is 5.43. The number of hydrogen-bond donors (Lipinski definition) is 1. The summed E-state index contributed by atoms with van der Waals surface area (Å²) in [7, 11) is 0. The second kappa shape index (κ2) is 6.89. The van der Waals surface area contributed by atoms with Crippen molar-refractivity contribution in [1.82, 2.24) is 4.90 Å². The first-order chi connectivity index (χ1) is 12.2. The molecule has 0 aliphatic carbocycles. The maximum atomic E-state index is 11.5. The Hall–Kier alpha value is -2.33. The van der Waals surface area contributed by atoms with Gasteiger partial charge in [-0.25, -0.2) is 0 Å². The minimum atomic E-state index is -0.102. The first-order valence-corrected chi connectivity index (χ1v) is 9.12. The Labute approximate surface area is 148 Å². The minimum absolute atomic E-state index is 0.0927. The Morgan fingerprint density at radius 1 is 1.00 bits per heavy atom. The van der Waals surface area contributed by atoms with E-state index in [1.807, 2.05) is 18.2 Å². The molecular formula is C21H24N2O2. The smallest absolute Gasteiger partial charge is 0.262 e. The molecule has 1 unspecified atom stereocenters. The number of carbonyl (C=O) groups excluding carboxylic acids is 1. The molecule has 1 saturated heterocycles. The van der Waals surface area contributed by atoms with Crippen LogP contribution in [0.15, 0.2) is 42.5 Å². The first kappa shape index (κ1) is 16.2. The molecule has 1 fully saturated rings. The fourth-order valence-corrected chi connectivity index (χ4v) is 3.73. The van der Waals surface area contributed by atoms with Gasteiger partial charge in [-0.1, -0.05) is 36.8 Å². The highest BCUT2D eigenvalue weighted by Gasteiger charge is 2.19. The van der Waals surface area contributed by atoms with Crippen molar-refractivity contribution in [3.8, 4) is 16.9 Å². The molecule has 2 aliphatic heterocycles. The summed E-state index contributed by atoms with van der Waals surface area (Å²) >= 11 is 0. The Bertz CT molecular complexity index is 764. The van der Waals surface area contributed by atoms with Crippen LogP contribution >= 0.6 is 0 Å². The van der Waals surface area contributed by atoms with Gasteiger partial charge >= 0.3 is 0 Å². The molecule has 2 aromatic rings. The standard InChI is InChI=1S/C21H24N2O2/c1-15(23-11-3-2-4-12-23)16-5-7-17(8-6-16)18-9-10-20-19(13-18)22-21(24)14-25-20/h5-10,13,15H,2-4,11-12,14H2,1H3,(H,22,24). The van der Waals surface area contributed by atoms with Gasteiger partial charge in [-0.15, -0.1) is 0 Å². The largest absolute Gasteiger partial charge is 0.482 e. The molecule has 25 heavy (non-hydrogen) atoms. The summed E-state index contributed by atoms with van der Waals surface area (Å²) in [5, 5.41) is 2.87. The van der Waals surface area contributed by atoms with Gasteiger partial charge in [0.25, 0.3) is 5.91 Å². The molecule has 2 aromatic carbocycles. The van der Waals surface area contributed by atoms with E-state index in [1.165, 1.54) is 37.9 Å². The van der Waals surface area contributed by atoms with Gasteiger partial charge in [0.15, 0.2) is 6.61 Å². The number of benzene rings is 2. The molecule has 0 aromatic heterocycles. The summed E-state index contributed by atoms with van der Waals surface area (Å²) in [6.45, 7) is 4.79. The third-order valence-electron chi connectivity index (χ3n) is 5.28. The molecule has 130 valence electrons. The SMILES string of the molecule is CC(c1ccc(-c2ccc3c(c2)NC(=O)CO3)cc1)N1CCCCC1. The molecule has 4 rings (SSSR count). The van der Waals surface area contributed by atoms with Crippen molar-refractivity contribution in [2.75, 3.05) is 25.0 Å². The zero-order valence-corrected chi connectivity index (χ0v) is 14.6. The molecule has 0 bridgehead atoms. The third kappa shape index (κ3) is 3.40. The number of amides is 1. The van der Waals surface area contributed by atoms with E-state index in [4.69, 9.17) is 4.74 Å².